The van der Waals surface area contributed by atoms with Gasteiger partial charge >= 0.3 is 5.97 Å². The highest BCUT2D eigenvalue weighted by Crippen LogP contribution is 2.57. The Hall–Kier alpha value is -0.860. The fourth-order valence-electron chi connectivity index (χ4n) is 1.52. The van der Waals surface area contributed by atoms with Crippen molar-refractivity contribution < 1.29 is 14.3 Å². The highest BCUT2D eigenvalue weighted by atomic mass is 16.5. The van der Waals surface area contributed by atoms with E-state index in [1.807, 2.05) is 6.92 Å². The van der Waals surface area contributed by atoms with Crippen molar-refractivity contribution in [2.75, 3.05) is 7.11 Å². The maximum Gasteiger partial charge on any atom is 0.309 e. The van der Waals surface area contributed by atoms with Crippen molar-refractivity contribution in [3.8, 4) is 0 Å². The monoisotopic (exact) mass is 156 g/mol. The van der Waals surface area contributed by atoms with Crippen LogP contribution in [0, 0.1) is 17.3 Å². The van der Waals surface area contributed by atoms with Gasteiger partial charge in [0.15, 0.2) is 0 Å². The van der Waals surface area contributed by atoms with Crippen LogP contribution in [-0.2, 0) is 14.3 Å². The van der Waals surface area contributed by atoms with Gasteiger partial charge in [0, 0.05) is 5.41 Å². The molecular weight excluding hydrogens is 144 g/mol. The molecule has 0 aromatic rings. The van der Waals surface area contributed by atoms with Crippen LogP contribution in [0.15, 0.2) is 0 Å². The number of hydrogen-bond donors (Lipinski definition) is 0. The second-order valence-corrected chi connectivity index (χ2v) is 3.27. The molecular formula is C8H12O3. The maximum atomic E-state index is 11.0. The first-order valence-corrected chi connectivity index (χ1v) is 3.62. The molecule has 0 aromatic heterocycles. The molecule has 1 fully saturated rings. The standard InChI is InChI=1S/C8H12O3/c1-5-6(7(10)11-3)8(5,2)4-9/h4-6H,1-3H3/t5-,6+,8?/m1/s1. The van der Waals surface area contributed by atoms with Crippen molar-refractivity contribution in [1.29, 1.82) is 0 Å². The molecule has 62 valence electrons. The smallest absolute Gasteiger partial charge is 0.309 e. The Bertz CT molecular complexity index is 200. The zero-order valence-corrected chi connectivity index (χ0v) is 6.96. The van der Waals surface area contributed by atoms with Gasteiger partial charge < -0.3 is 9.53 Å². The van der Waals surface area contributed by atoms with E-state index in [-0.39, 0.29) is 17.8 Å². The largest absolute Gasteiger partial charge is 0.469 e. The number of methoxy groups -OCH3 is 1. The summed E-state index contributed by atoms with van der Waals surface area (Å²) in [6.07, 6.45) is 0.846. The van der Waals surface area contributed by atoms with E-state index in [1.165, 1.54) is 7.11 Å². The lowest BCUT2D eigenvalue weighted by Crippen LogP contribution is -2.10. The van der Waals surface area contributed by atoms with Gasteiger partial charge in [-0.3, -0.25) is 4.79 Å². The summed E-state index contributed by atoms with van der Waals surface area (Å²) >= 11 is 0. The van der Waals surface area contributed by atoms with Crippen LogP contribution in [0.2, 0.25) is 0 Å². The molecule has 0 aromatic carbocycles. The van der Waals surface area contributed by atoms with Crippen LogP contribution in [0.3, 0.4) is 0 Å². The molecule has 11 heavy (non-hydrogen) atoms. The number of carbonyl (C=O) groups is 2. The predicted molar refractivity (Wildman–Crippen MR) is 38.8 cm³/mol. The highest BCUT2D eigenvalue weighted by molar-refractivity contribution is 5.85. The number of rotatable bonds is 2. The average molecular weight is 156 g/mol. The van der Waals surface area contributed by atoms with Gasteiger partial charge in [-0.05, 0) is 5.92 Å². The van der Waals surface area contributed by atoms with Crippen molar-refractivity contribution in [2.45, 2.75) is 13.8 Å². The predicted octanol–water partition coefficient (Wildman–Crippen LogP) is 0.630. The SMILES string of the molecule is COC(=O)[C@@H]1[C@@H](C)C1(C)C=O. The summed E-state index contributed by atoms with van der Waals surface area (Å²) < 4.78 is 4.54. The zero-order chi connectivity index (χ0) is 8.65. The molecule has 0 spiro atoms. The van der Waals surface area contributed by atoms with Gasteiger partial charge in [-0.15, -0.1) is 0 Å². The summed E-state index contributed by atoms with van der Waals surface area (Å²) in [7, 11) is 1.35. The quantitative estimate of drug-likeness (QED) is 0.435. The normalized spacial score (nSPS) is 41.4. The van der Waals surface area contributed by atoms with E-state index in [9.17, 15) is 9.59 Å². The Balaban J connectivity index is 2.67. The summed E-state index contributed by atoms with van der Waals surface area (Å²) in [6, 6.07) is 0. The molecule has 3 nitrogen and oxygen atoms in total. The Morgan fingerprint density at radius 1 is 1.64 bits per heavy atom. The number of aldehydes is 1. The first-order chi connectivity index (χ1) is 5.07. The average Bonchev–Trinajstić information content (AvgIpc) is 2.55. The van der Waals surface area contributed by atoms with Crippen LogP contribution in [0.1, 0.15) is 13.8 Å². The summed E-state index contributed by atoms with van der Waals surface area (Å²) in [4.78, 5) is 21.5. The number of esters is 1. The Labute approximate surface area is 65.7 Å². The third-order valence-electron chi connectivity index (χ3n) is 2.75. The maximum absolute atomic E-state index is 11.0. The van der Waals surface area contributed by atoms with Crippen molar-refractivity contribution in [1.82, 2.24) is 0 Å². The van der Waals surface area contributed by atoms with E-state index >= 15 is 0 Å². The highest BCUT2D eigenvalue weighted by Gasteiger charge is 2.63. The van der Waals surface area contributed by atoms with E-state index in [4.69, 9.17) is 0 Å². The first-order valence-electron chi connectivity index (χ1n) is 3.62. The minimum Gasteiger partial charge on any atom is -0.469 e. The molecule has 0 radical (unpaired) electrons. The summed E-state index contributed by atoms with van der Waals surface area (Å²) in [5.41, 5.74) is -0.465. The molecule has 0 saturated heterocycles. The van der Waals surface area contributed by atoms with Crippen LogP contribution in [0.4, 0.5) is 0 Å². The number of ether oxygens (including phenoxy) is 1. The van der Waals surface area contributed by atoms with E-state index < -0.39 is 5.41 Å². The van der Waals surface area contributed by atoms with Gasteiger partial charge in [-0.2, -0.15) is 0 Å². The molecule has 0 N–H and O–H groups in total. The molecule has 0 aliphatic heterocycles. The van der Waals surface area contributed by atoms with Crippen LogP contribution in [0.25, 0.3) is 0 Å². The Kier molecular flexibility index (Phi) is 1.74. The molecule has 0 amide bonds. The minimum absolute atomic E-state index is 0.132. The molecule has 1 unspecified atom stereocenters. The van der Waals surface area contributed by atoms with Gasteiger partial charge in [0.2, 0.25) is 0 Å². The molecule has 3 heteroatoms. The van der Waals surface area contributed by atoms with Gasteiger partial charge in [-0.1, -0.05) is 13.8 Å². The van der Waals surface area contributed by atoms with Crippen molar-refractivity contribution in [3.05, 3.63) is 0 Å². The van der Waals surface area contributed by atoms with Gasteiger partial charge in [0.25, 0.3) is 0 Å². The Morgan fingerprint density at radius 3 is 2.45 bits per heavy atom. The lowest BCUT2D eigenvalue weighted by molar-refractivity contribution is -0.143. The van der Waals surface area contributed by atoms with E-state index in [0.29, 0.717) is 0 Å². The molecule has 3 atom stereocenters. The second-order valence-electron chi connectivity index (χ2n) is 3.27. The first kappa shape index (κ1) is 8.24. The van der Waals surface area contributed by atoms with E-state index in [1.54, 1.807) is 6.92 Å². The van der Waals surface area contributed by atoms with Crippen molar-refractivity contribution in [2.24, 2.45) is 17.3 Å². The third kappa shape index (κ3) is 0.951. The Morgan fingerprint density at radius 2 is 2.18 bits per heavy atom. The van der Waals surface area contributed by atoms with Gasteiger partial charge in [-0.25, -0.2) is 0 Å². The van der Waals surface area contributed by atoms with Gasteiger partial charge in [0.1, 0.15) is 6.29 Å². The lowest BCUT2D eigenvalue weighted by atomic mass is 10.1. The fraction of sp³-hybridized carbons (Fsp3) is 0.750. The van der Waals surface area contributed by atoms with Crippen LogP contribution >= 0.6 is 0 Å². The molecule has 1 aliphatic carbocycles. The van der Waals surface area contributed by atoms with Crippen molar-refractivity contribution in [3.63, 3.8) is 0 Å². The number of hydrogen-bond acceptors (Lipinski definition) is 3. The van der Waals surface area contributed by atoms with Crippen LogP contribution in [-0.4, -0.2) is 19.4 Å². The van der Waals surface area contributed by atoms with Gasteiger partial charge in [0.05, 0.1) is 13.0 Å². The number of carbonyl (C=O) groups excluding carboxylic acids is 2. The van der Waals surface area contributed by atoms with E-state index in [0.717, 1.165) is 6.29 Å². The minimum atomic E-state index is -0.465. The van der Waals surface area contributed by atoms with Crippen LogP contribution in [0.5, 0.6) is 0 Å². The second kappa shape index (κ2) is 2.32. The third-order valence-corrected chi connectivity index (χ3v) is 2.75. The molecule has 1 rings (SSSR count). The summed E-state index contributed by atoms with van der Waals surface area (Å²) in [5.74, 6) is -0.357. The zero-order valence-electron chi connectivity index (χ0n) is 6.96. The van der Waals surface area contributed by atoms with Crippen LogP contribution < -0.4 is 0 Å². The van der Waals surface area contributed by atoms with Crippen molar-refractivity contribution >= 4 is 12.3 Å². The molecule has 1 saturated carbocycles. The molecule has 1 aliphatic rings. The topological polar surface area (TPSA) is 43.4 Å². The fourth-order valence-corrected chi connectivity index (χ4v) is 1.52. The molecule has 0 heterocycles. The lowest BCUT2D eigenvalue weighted by Gasteiger charge is -1.98. The summed E-state index contributed by atoms with van der Waals surface area (Å²) in [6.45, 7) is 3.67. The molecule has 0 bridgehead atoms. The van der Waals surface area contributed by atoms with E-state index in [2.05, 4.69) is 4.74 Å². The summed E-state index contributed by atoms with van der Waals surface area (Å²) in [5, 5.41) is 0.